The Labute approximate surface area is 103 Å². The number of pyridine rings is 1. The Morgan fingerprint density at radius 1 is 1.21 bits per heavy atom. The molecule has 0 aromatic carbocycles. The molecular weight excluding hydrogens is 280 g/mol. The first-order valence-electron chi connectivity index (χ1n) is 4.76. The summed E-state index contributed by atoms with van der Waals surface area (Å²) in [6.45, 7) is 0. The number of carbonyl (C=O) groups excluding carboxylic acids is 1. The van der Waals surface area contributed by atoms with Gasteiger partial charge in [0.25, 0.3) is 0 Å². The number of esters is 1. The molecule has 0 bridgehead atoms. The molecule has 0 fully saturated rings. The predicted molar refractivity (Wildman–Crippen MR) is 50.0 cm³/mol. The molecule has 0 amide bonds. The third-order valence-electron chi connectivity index (χ3n) is 2.15. The monoisotopic (exact) mass is 287 g/mol. The van der Waals surface area contributed by atoms with Crippen molar-refractivity contribution >= 4 is 5.97 Å². The molecule has 1 heterocycles. The van der Waals surface area contributed by atoms with Gasteiger partial charge in [-0.05, 0) is 11.6 Å². The van der Waals surface area contributed by atoms with Crippen LogP contribution in [0.25, 0.3) is 0 Å². The Morgan fingerprint density at radius 2 is 1.79 bits per heavy atom. The molecular formula is C10H7F6NO2. The Bertz CT molecular complexity index is 480. The van der Waals surface area contributed by atoms with Crippen LogP contribution in [0.15, 0.2) is 12.3 Å². The van der Waals surface area contributed by atoms with Crippen molar-refractivity contribution in [3.63, 3.8) is 0 Å². The molecule has 0 aliphatic heterocycles. The van der Waals surface area contributed by atoms with E-state index in [0.29, 0.717) is 12.3 Å². The van der Waals surface area contributed by atoms with Gasteiger partial charge in [-0.1, -0.05) is 0 Å². The molecule has 0 N–H and O–H groups in total. The molecule has 1 rings (SSSR count). The van der Waals surface area contributed by atoms with Crippen LogP contribution in [0.2, 0.25) is 0 Å². The van der Waals surface area contributed by atoms with Crippen molar-refractivity contribution in [1.29, 1.82) is 0 Å². The normalized spacial score (nSPS) is 12.4. The third kappa shape index (κ3) is 3.58. The third-order valence-corrected chi connectivity index (χ3v) is 2.15. The van der Waals surface area contributed by atoms with Crippen LogP contribution in [-0.2, 0) is 28.3 Å². The summed E-state index contributed by atoms with van der Waals surface area (Å²) in [5.74, 6) is -1.08. The lowest BCUT2D eigenvalue weighted by atomic mass is 10.0. The maximum atomic E-state index is 12.7. The SMILES string of the molecule is COC(=O)Cc1ccnc(C(F)(F)F)c1C(F)(F)F. The lowest BCUT2D eigenvalue weighted by molar-refractivity contribution is -0.165. The van der Waals surface area contributed by atoms with Gasteiger partial charge < -0.3 is 4.74 Å². The molecule has 0 aliphatic carbocycles. The standard InChI is InChI=1S/C10H7F6NO2/c1-19-6(18)4-5-2-3-17-8(10(14,15)16)7(5)9(11,12)13/h2-3H,4H2,1H3. The number of methoxy groups -OCH3 is 1. The number of ether oxygens (including phenoxy) is 1. The first-order valence-corrected chi connectivity index (χ1v) is 4.76. The summed E-state index contributed by atoms with van der Waals surface area (Å²) in [4.78, 5) is 13.6. The van der Waals surface area contributed by atoms with E-state index in [4.69, 9.17) is 0 Å². The van der Waals surface area contributed by atoms with Crippen molar-refractivity contribution in [2.75, 3.05) is 7.11 Å². The summed E-state index contributed by atoms with van der Waals surface area (Å²) in [7, 11) is 0.918. The lowest BCUT2D eigenvalue weighted by Gasteiger charge is -2.17. The average molecular weight is 287 g/mol. The summed E-state index contributed by atoms with van der Waals surface area (Å²) < 4.78 is 79.7. The fourth-order valence-corrected chi connectivity index (χ4v) is 1.41. The maximum absolute atomic E-state index is 12.7. The van der Waals surface area contributed by atoms with E-state index in [1.807, 2.05) is 0 Å². The van der Waals surface area contributed by atoms with E-state index in [9.17, 15) is 31.1 Å². The van der Waals surface area contributed by atoms with Gasteiger partial charge in [-0.25, -0.2) is 0 Å². The van der Waals surface area contributed by atoms with E-state index < -0.39 is 41.6 Å². The number of hydrogen-bond acceptors (Lipinski definition) is 3. The fourth-order valence-electron chi connectivity index (χ4n) is 1.41. The van der Waals surface area contributed by atoms with E-state index in [-0.39, 0.29) is 0 Å². The molecule has 0 saturated heterocycles. The minimum atomic E-state index is -5.28. The zero-order valence-electron chi connectivity index (χ0n) is 9.39. The van der Waals surface area contributed by atoms with Gasteiger partial charge >= 0.3 is 18.3 Å². The van der Waals surface area contributed by atoms with Crippen LogP contribution in [0.1, 0.15) is 16.8 Å². The number of alkyl halides is 6. The lowest BCUT2D eigenvalue weighted by Crippen LogP contribution is -2.22. The highest BCUT2D eigenvalue weighted by molar-refractivity contribution is 5.73. The number of rotatable bonds is 2. The minimum Gasteiger partial charge on any atom is -0.469 e. The van der Waals surface area contributed by atoms with E-state index in [0.717, 1.165) is 7.11 Å². The first-order chi connectivity index (χ1) is 8.57. The molecule has 106 valence electrons. The summed E-state index contributed by atoms with van der Waals surface area (Å²) in [6, 6.07) is 0.703. The first kappa shape index (κ1) is 15.3. The Morgan fingerprint density at radius 3 is 2.21 bits per heavy atom. The molecule has 3 nitrogen and oxygen atoms in total. The summed E-state index contributed by atoms with van der Waals surface area (Å²) in [5, 5.41) is 0. The van der Waals surface area contributed by atoms with Gasteiger partial charge in [0.1, 0.15) is 0 Å². The van der Waals surface area contributed by atoms with E-state index >= 15 is 0 Å². The summed E-state index contributed by atoms with van der Waals surface area (Å²) in [6.07, 6.45) is -10.9. The summed E-state index contributed by atoms with van der Waals surface area (Å²) in [5.41, 5.74) is -4.86. The molecule has 0 saturated carbocycles. The molecule has 0 radical (unpaired) electrons. The van der Waals surface area contributed by atoms with Crippen LogP contribution in [0.3, 0.4) is 0 Å². The van der Waals surface area contributed by atoms with Crippen LogP contribution in [0.5, 0.6) is 0 Å². The van der Waals surface area contributed by atoms with Crippen LogP contribution in [-0.4, -0.2) is 18.1 Å². The molecule has 0 atom stereocenters. The zero-order valence-corrected chi connectivity index (χ0v) is 9.39. The van der Waals surface area contributed by atoms with E-state index in [2.05, 4.69) is 9.72 Å². The van der Waals surface area contributed by atoms with Gasteiger partial charge in [-0.15, -0.1) is 0 Å². The van der Waals surface area contributed by atoms with Crippen molar-refractivity contribution in [3.05, 3.63) is 29.1 Å². The highest BCUT2D eigenvalue weighted by Crippen LogP contribution is 2.40. The van der Waals surface area contributed by atoms with Crippen LogP contribution >= 0.6 is 0 Å². The van der Waals surface area contributed by atoms with Gasteiger partial charge in [0.05, 0.1) is 19.1 Å². The van der Waals surface area contributed by atoms with E-state index in [1.165, 1.54) is 0 Å². The predicted octanol–water partition coefficient (Wildman–Crippen LogP) is 2.83. The maximum Gasteiger partial charge on any atom is 0.433 e. The minimum absolute atomic E-state index is 0.566. The average Bonchev–Trinajstić information content (AvgIpc) is 2.25. The number of carbonyl (C=O) groups is 1. The second kappa shape index (κ2) is 5.06. The van der Waals surface area contributed by atoms with Crippen molar-refractivity contribution in [1.82, 2.24) is 4.98 Å². The van der Waals surface area contributed by atoms with Crippen LogP contribution in [0.4, 0.5) is 26.3 Å². The van der Waals surface area contributed by atoms with Gasteiger partial charge in [-0.2, -0.15) is 26.3 Å². The molecule has 1 aromatic heterocycles. The summed E-state index contributed by atoms with van der Waals surface area (Å²) >= 11 is 0. The smallest absolute Gasteiger partial charge is 0.433 e. The number of hydrogen-bond donors (Lipinski definition) is 0. The number of aromatic nitrogens is 1. The number of nitrogens with zero attached hydrogens (tertiary/aromatic N) is 1. The fraction of sp³-hybridized carbons (Fsp3) is 0.400. The van der Waals surface area contributed by atoms with E-state index in [1.54, 1.807) is 0 Å². The van der Waals surface area contributed by atoms with Crippen molar-refractivity contribution in [2.24, 2.45) is 0 Å². The van der Waals surface area contributed by atoms with Crippen molar-refractivity contribution in [2.45, 2.75) is 18.8 Å². The van der Waals surface area contributed by atoms with Crippen LogP contribution < -0.4 is 0 Å². The molecule has 0 spiro atoms. The van der Waals surface area contributed by atoms with Gasteiger partial charge in [-0.3, -0.25) is 9.78 Å². The highest BCUT2D eigenvalue weighted by atomic mass is 19.4. The molecule has 0 aliphatic rings. The zero-order chi connectivity index (χ0) is 14.8. The Kier molecular flexibility index (Phi) is 4.06. The van der Waals surface area contributed by atoms with Gasteiger partial charge in [0.2, 0.25) is 0 Å². The number of halogens is 6. The molecule has 1 aromatic rings. The largest absolute Gasteiger partial charge is 0.469 e. The Hall–Kier alpha value is -1.80. The molecule has 0 unspecified atom stereocenters. The quantitative estimate of drug-likeness (QED) is 0.620. The highest BCUT2D eigenvalue weighted by Gasteiger charge is 2.46. The topological polar surface area (TPSA) is 39.2 Å². The Balaban J connectivity index is 3.44. The van der Waals surface area contributed by atoms with Gasteiger partial charge in [0, 0.05) is 6.20 Å². The molecule has 9 heteroatoms. The van der Waals surface area contributed by atoms with Crippen LogP contribution in [0, 0.1) is 0 Å². The second-order valence-electron chi connectivity index (χ2n) is 3.44. The molecule has 19 heavy (non-hydrogen) atoms. The van der Waals surface area contributed by atoms with Crippen molar-refractivity contribution in [3.8, 4) is 0 Å². The second-order valence-corrected chi connectivity index (χ2v) is 3.44. The van der Waals surface area contributed by atoms with Crippen molar-refractivity contribution < 1.29 is 35.9 Å². The van der Waals surface area contributed by atoms with Gasteiger partial charge in [0.15, 0.2) is 5.69 Å².